The second-order valence-corrected chi connectivity index (χ2v) is 8.33. The molecular weight excluding hydrogens is 378 g/mol. The summed E-state index contributed by atoms with van der Waals surface area (Å²) in [4.78, 5) is 0.237. The molecule has 0 heterocycles. The van der Waals surface area contributed by atoms with E-state index in [-0.39, 0.29) is 18.0 Å². The maximum atomic E-state index is 12.9. The van der Waals surface area contributed by atoms with Crippen LogP contribution in [-0.2, 0) is 16.6 Å². The summed E-state index contributed by atoms with van der Waals surface area (Å²) in [7, 11) is -3.68. The van der Waals surface area contributed by atoms with E-state index < -0.39 is 16.1 Å². The summed E-state index contributed by atoms with van der Waals surface area (Å²) >= 11 is 3.37. The Morgan fingerprint density at radius 2 is 1.65 bits per heavy atom. The molecular formula is C17H20BrNO3S. The topological polar surface area (TPSA) is 57.6 Å². The summed E-state index contributed by atoms with van der Waals surface area (Å²) in [6.07, 6.45) is 0. The lowest BCUT2D eigenvalue weighted by atomic mass is 10.2. The number of halogens is 1. The molecule has 124 valence electrons. The molecule has 0 saturated heterocycles. The number of hydrogen-bond donors (Lipinski definition) is 1. The first-order chi connectivity index (χ1) is 10.8. The Morgan fingerprint density at radius 3 is 2.17 bits per heavy atom. The summed E-state index contributed by atoms with van der Waals surface area (Å²) in [6.45, 7) is 3.59. The van der Waals surface area contributed by atoms with Crippen LogP contribution in [0.15, 0.2) is 57.9 Å². The number of hydrogen-bond acceptors (Lipinski definition) is 3. The molecule has 0 spiro atoms. The van der Waals surface area contributed by atoms with Crippen LogP contribution in [0.2, 0.25) is 0 Å². The van der Waals surface area contributed by atoms with Crippen LogP contribution < -0.4 is 0 Å². The molecule has 2 aromatic rings. The molecule has 2 aromatic carbocycles. The molecule has 0 aromatic heterocycles. The van der Waals surface area contributed by atoms with E-state index in [9.17, 15) is 13.5 Å². The molecule has 2 rings (SSSR count). The Labute approximate surface area is 145 Å². The molecule has 1 N–H and O–H groups in total. The van der Waals surface area contributed by atoms with Gasteiger partial charge in [-0.1, -0.05) is 45.8 Å². The molecule has 6 heteroatoms. The smallest absolute Gasteiger partial charge is 0.243 e. The van der Waals surface area contributed by atoms with Gasteiger partial charge in [-0.15, -0.1) is 0 Å². The molecule has 0 unspecified atom stereocenters. The van der Waals surface area contributed by atoms with E-state index in [1.807, 2.05) is 31.2 Å². The summed E-state index contributed by atoms with van der Waals surface area (Å²) in [5.74, 6) is 0. The van der Waals surface area contributed by atoms with Crippen LogP contribution in [0.3, 0.4) is 0 Å². The van der Waals surface area contributed by atoms with Crippen molar-refractivity contribution in [2.24, 2.45) is 0 Å². The predicted molar refractivity (Wildman–Crippen MR) is 94.6 cm³/mol. The minimum atomic E-state index is -3.68. The van der Waals surface area contributed by atoms with Crippen LogP contribution in [-0.4, -0.2) is 30.5 Å². The molecule has 0 saturated carbocycles. The second kappa shape index (κ2) is 7.57. The van der Waals surface area contributed by atoms with Crippen molar-refractivity contribution in [2.75, 3.05) is 6.61 Å². The molecule has 0 fully saturated rings. The van der Waals surface area contributed by atoms with E-state index >= 15 is 0 Å². The number of benzene rings is 2. The van der Waals surface area contributed by atoms with Crippen molar-refractivity contribution >= 4 is 26.0 Å². The van der Waals surface area contributed by atoms with Gasteiger partial charge in [-0.05, 0) is 43.7 Å². The van der Waals surface area contributed by atoms with Gasteiger partial charge in [0.1, 0.15) is 0 Å². The Morgan fingerprint density at radius 1 is 1.09 bits per heavy atom. The highest BCUT2D eigenvalue weighted by atomic mass is 79.9. The summed E-state index contributed by atoms with van der Waals surface area (Å²) in [5, 5.41) is 9.47. The van der Waals surface area contributed by atoms with E-state index in [1.54, 1.807) is 31.2 Å². The van der Waals surface area contributed by atoms with Gasteiger partial charge in [-0.3, -0.25) is 0 Å². The molecule has 0 aliphatic rings. The zero-order chi connectivity index (χ0) is 17.0. The first-order valence-electron chi connectivity index (χ1n) is 7.28. The van der Waals surface area contributed by atoms with Gasteiger partial charge in [-0.2, -0.15) is 4.31 Å². The standard InChI is InChI=1S/C17H20BrNO3S/c1-13-3-9-17(10-4-13)23(21,22)19(14(2)12-20)11-15-5-7-16(18)8-6-15/h3-10,14,20H,11-12H2,1-2H3/t14-/m1/s1. The van der Waals surface area contributed by atoms with Gasteiger partial charge >= 0.3 is 0 Å². The number of aryl methyl sites for hydroxylation is 1. The maximum absolute atomic E-state index is 12.9. The number of rotatable bonds is 6. The van der Waals surface area contributed by atoms with Gasteiger partial charge in [0.05, 0.1) is 11.5 Å². The van der Waals surface area contributed by atoms with Crippen LogP contribution in [0.5, 0.6) is 0 Å². The summed E-state index contributed by atoms with van der Waals surface area (Å²) in [6, 6.07) is 13.7. The maximum Gasteiger partial charge on any atom is 0.243 e. The van der Waals surface area contributed by atoms with E-state index in [0.717, 1.165) is 15.6 Å². The van der Waals surface area contributed by atoms with Crippen molar-refractivity contribution < 1.29 is 13.5 Å². The quantitative estimate of drug-likeness (QED) is 0.812. The third-order valence-electron chi connectivity index (χ3n) is 3.64. The average Bonchev–Trinajstić information content (AvgIpc) is 2.54. The molecule has 0 bridgehead atoms. The molecule has 0 aliphatic heterocycles. The van der Waals surface area contributed by atoms with Gasteiger partial charge in [0.25, 0.3) is 0 Å². The SMILES string of the molecule is Cc1ccc(S(=O)(=O)N(Cc2ccc(Br)cc2)[C@H](C)CO)cc1. The van der Waals surface area contributed by atoms with Gasteiger partial charge in [0.15, 0.2) is 0 Å². The Balaban J connectivity index is 2.37. The fourth-order valence-corrected chi connectivity index (χ4v) is 4.06. The third-order valence-corrected chi connectivity index (χ3v) is 6.14. The lowest BCUT2D eigenvalue weighted by Crippen LogP contribution is -2.40. The van der Waals surface area contributed by atoms with Crippen LogP contribution >= 0.6 is 15.9 Å². The number of nitrogens with zero attached hydrogens (tertiary/aromatic N) is 1. The van der Waals surface area contributed by atoms with E-state index in [1.165, 1.54) is 4.31 Å². The zero-order valence-electron chi connectivity index (χ0n) is 13.1. The lowest BCUT2D eigenvalue weighted by Gasteiger charge is -2.27. The number of aliphatic hydroxyl groups is 1. The molecule has 0 amide bonds. The molecule has 23 heavy (non-hydrogen) atoms. The fourth-order valence-electron chi connectivity index (χ4n) is 2.18. The van der Waals surface area contributed by atoms with Crippen molar-refractivity contribution in [3.05, 3.63) is 64.1 Å². The fraction of sp³-hybridized carbons (Fsp3) is 0.294. The van der Waals surface area contributed by atoms with Gasteiger partial charge < -0.3 is 5.11 Å². The van der Waals surface area contributed by atoms with Gasteiger partial charge in [0, 0.05) is 17.1 Å². The Kier molecular flexibility index (Phi) is 5.97. The van der Waals surface area contributed by atoms with Crippen molar-refractivity contribution in [1.82, 2.24) is 4.31 Å². The van der Waals surface area contributed by atoms with Crippen molar-refractivity contribution in [3.8, 4) is 0 Å². The monoisotopic (exact) mass is 397 g/mol. The number of sulfonamides is 1. The van der Waals surface area contributed by atoms with Crippen LogP contribution in [0.25, 0.3) is 0 Å². The first kappa shape index (κ1) is 18.1. The molecule has 1 atom stereocenters. The normalized spacial score (nSPS) is 13.3. The van der Waals surface area contributed by atoms with Crippen molar-refractivity contribution in [3.63, 3.8) is 0 Å². The number of aliphatic hydroxyl groups excluding tert-OH is 1. The molecule has 0 aliphatic carbocycles. The molecule has 0 radical (unpaired) electrons. The van der Waals surface area contributed by atoms with Gasteiger partial charge in [0.2, 0.25) is 10.0 Å². The minimum Gasteiger partial charge on any atom is -0.395 e. The highest BCUT2D eigenvalue weighted by Crippen LogP contribution is 2.22. The summed E-state index contributed by atoms with van der Waals surface area (Å²) < 4.78 is 28.1. The van der Waals surface area contributed by atoms with E-state index in [4.69, 9.17) is 0 Å². The third kappa shape index (κ3) is 4.41. The minimum absolute atomic E-state index is 0.214. The Bertz CT molecular complexity index is 742. The lowest BCUT2D eigenvalue weighted by molar-refractivity contribution is 0.194. The highest BCUT2D eigenvalue weighted by molar-refractivity contribution is 9.10. The van der Waals surface area contributed by atoms with E-state index in [0.29, 0.717) is 0 Å². The second-order valence-electron chi connectivity index (χ2n) is 5.52. The average molecular weight is 398 g/mol. The predicted octanol–water partition coefficient (Wildman–Crippen LogP) is 3.33. The van der Waals surface area contributed by atoms with Crippen LogP contribution in [0.4, 0.5) is 0 Å². The van der Waals surface area contributed by atoms with Crippen molar-refractivity contribution in [1.29, 1.82) is 0 Å². The van der Waals surface area contributed by atoms with Crippen molar-refractivity contribution in [2.45, 2.75) is 31.3 Å². The van der Waals surface area contributed by atoms with Crippen LogP contribution in [0.1, 0.15) is 18.1 Å². The molecule has 4 nitrogen and oxygen atoms in total. The largest absolute Gasteiger partial charge is 0.395 e. The highest BCUT2D eigenvalue weighted by Gasteiger charge is 2.28. The van der Waals surface area contributed by atoms with Gasteiger partial charge in [-0.25, -0.2) is 8.42 Å². The Hall–Kier alpha value is -1.21. The summed E-state index contributed by atoms with van der Waals surface area (Å²) in [5.41, 5.74) is 1.86. The zero-order valence-corrected chi connectivity index (χ0v) is 15.5. The van der Waals surface area contributed by atoms with E-state index in [2.05, 4.69) is 15.9 Å². The van der Waals surface area contributed by atoms with Crippen LogP contribution in [0, 0.1) is 6.92 Å². The first-order valence-corrected chi connectivity index (χ1v) is 9.51.